The minimum Gasteiger partial charge on any atom is -0.758 e. The van der Waals surface area contributed by atoms with E-state index < -0.39 is 0 Å². The van der Waals surface area contributed by atoms with E-state index in [2.05, 4.69) is 4.98 Å². The number of pyridine rings is 1. The smallest absolute Gasteiger partial charge is 0.119 e. The van der Waals surface area contributed by atoms with Crippen molar-refractivity contribution in [2.24, 2.45) is 0 Å². The first kappa shape index (κ1) is 10.6. The van der Waals surface area contributed by atoms with Crippen molar-refractivity contribution in [2.75, 3.05) is 7.11 Å². The molecule has 1 aliphatic heterocycles. The van der Waals surface area contributed by atoms with Crippen molar-refractivity contribution in [3.8, 4) is 17.0 Å². The van der Waals surface area contributed by atoms with Crippen LogP contribution in [0.5, 0.6) is 5.75 Å². The Bertz CT molecular complexity index is 709. The fourth-order valence-electron chi connectivity index (χ4n) is 2.90. The first-order valence-electron chi connectivity index (χ1n) is 6.10. The molecule has 2 heterocycles. The third kappa shape index (κ3) is 1.29. The standard InChI is InChI=1S/C15H11N2O2/c1-19-10-2-3-11-12(8-10)14-13-9(4-6-16-14)5-7-17(18)15(11)13/h2-8,15H,1H3/q-1. The van der Waals surface area contributed by atoms with Gasteiger partial charge in [-0.05, 0) is 41.6 Å². The Balaban J connectivity index is 2.05. The summed E-state index contributed by atoms with van der Waals surface area (Å²) in [4.78, 5) is 4.45. The Morgan fingerprint density at radius 3 is 3.05 bits per heavy atom. The topological polar surface area (TPSA) is 48.4 Å². The molecule has 0 saturated heterocycles. The largest absolute Gasteiger partial charge is 0.758 e. The van der Waals surface area contributed by atoms with Crippen LogP contribution in [-0.2, 0) is 0 Å². The third-order valence-electron chi connectivity index (χ3n) is 3.76. The maximum absolute atomic E-state index is 12.1. The summed E-state index contributed by atoms with van der Waals surface area (Å²) in [6, 6.07) is 7.46. The second kappa shape index (κ2) is 3.59. The third-order valence-corrected chi connectivity index (χ3v) is 3.76. The fourth-order valence-corrected chi connectivity index (χ4v) is 2.90. The average molecular weight is 251 g/mol. The van der Waals surface area contributed by atoms with Gasteiger partial charge in [0.25, 0.3) is 0 Å². The predicted molar refractivity (Wildman–Crippen MR) is 72.3 cm³/mol. The number of rotatable bonds is 1. The SMILES string of the molecule is COc1ccc2c(c1)-c1nccc3c1C2N([O-])C=C3. The number of aromatic nitrogens is 1. The maximum Gasteiger partial charge on any atom is 0.119 e. The molecule has 2 aliphatic rings. The number of nitrogens with zero attached hydrogens (tertiary/aromatic N) is 2. The molecule has 0 bridgehead atoms. The van der Waals surface area contributed by atoms with E-state index >= 15 is 0 Å². The van der Waals surface area contributed by atoms with Crippen molar-refractivity contribution in [1.82, 2.24) is 10.0 Å². The molecule has 0 amide bonds. The van der Waals surface area contributed by atoms with Gasteiger partial charge in [0.15, 0.2) is 0 Å². The van der Waals surface area contributed by atoms with E-state index in [1.165, 1.54) is 0 Å². The van der Waals surface area contributed by atoms with E-state index in [1.807, 2.05) is 30.3 Å². The molecule has 0 fully saturated rings. The van der Waals surface area contributed by atoms with Gasteiger partial charge in [-0.1, -0.05) is 6.07 Å². The van der Waals surface area contributed by atoms with E-state index in [4.69, 9.17) is 4.74 Å². The van der Waals surface area contributed by atoms with Gasteiger partial charge in [-0.25, -0.2) is 0 Å². The summed E-state index contributed by atoms with van der Waals surface area (Å²) in [6.07, 6.45) is 5.20. The number of hydrogen-bond donors (Lipinski definition) is 0. The average Bonchev–Trinajstić information content (AvgIpc) is 2.79. The molecular formula is C15H11N2O2-. The van der Waals surface area contributed by atoms with Crippen LogP contribution in [0.15, 0.2) is 36.7 Å². The van der Waals surface area contributed by atoms with Crippen LogP contribution in [0.3, 0.4) is 0 Å². The van der Waals surface area contributed by atoms with Gasteiger partial charge >= 0.3 is 0 Å². The van der Waals surface area contributed by atoms with Crippen LogP contribution in [0.25, 0.3) is 17.3 Å². The molecule has 1 aliphatic carbocycles. The Hall–Kier alpha value is -2.33. The molecule has 4 rings (SSSR count). The van der Waals surface area contributed by atoms with Crippen LogP contribution in [0, 0.1) is 5.21 Å². The molecule has 1 aromatic carbocycles. The van der Waals surface area contributed by atoms with Crippen molar-refractivity contribution in [2.45, 2.75) is 6.04 Å². The van der Waals surface area contributed by atoms with Crippen molar-refractivity contribution < 1.29 is 4.74 Å². The predicted octanol–water partition coefficient (Wildman–Crippen LogP) is 2.94. The van der Waals surface area contributed by atoms with Gasteiger partial charge in [0.05, 0.1) is 18.8 Å². The molecule has 1 unspecified atom stereocenters. The van der Waals surface area contributed by atoms with Crippen LogP contribution in [0.4, 0.5) is 0 Å². The molecule has 4 heteroatoms. The first-order valence-corrected chi connectivity index (χ1v) is 6.10. The van der Waals surface area contributed by atoms with Crippen molar-refractivity contribution in [3.05, 3.63) is 58.6 Å². The van der Waals surface area contributed by atoms with Gasteiger partial charge in [0, 0.05) is 17.3 Å². The number of methoxy groups -OCH3 is 1. The number of hydrogen-bond acceptors (Lipinski definition) is 4. The molecule has 2 aromatic rings. The maximum atomic E-state index is 12.1. The minimum absolute atomic E-state index is 0.274. The molecule has 0 saturated carbocycles. The molecule has 1 aromatic heterocycles. The lowest BCUT2D eigenvalue weighted by Gasteiger charge is -2.37. The molecule has 0 N–H and O–H groups in total. The van der Waals surface area contributed by atoms with Gasteiger partial charge in [0.2, 0.25) is 0 Å². The second-order valence-corrected chi connectivity index (χ2v) is 4.69. The van der Waals surface area contributed by atoms with Crippen LogP contribution < -0.4 is 4.74 Å². The molecule has 94 valence electrons. The number of benzene rings is 1. The van der Waals surface area contributed by atoms with Gasteiger partial charge < -0.3 is 15.0 Å². The highest BCUT2D eigenvalue weighted by Crippen LogP contribution is 2.49. The Labute approximate surface area is 110 Å². The summed E-state index contributed by atoms with van der Waals surface area (Å²) in [7, 11) is 1.64. The van der Waals surface area contributed by atoms with Crippen molar-refractivity contribution in [1.29, 1.82) is 0 Å². The fraction of sp³-hybridized carbons (Fsp3) is 0.133. The van der Waals surface area contributed by atoms with E-state index in [9.17, 15) is 5.21 Å². The molecule has 0 radical (unpaired) electrons. The summed E-state index contributed by atoms with van der Waals surface area (Å²) in [5, 5.41) is 13.1. The lowest BCUT2D eigenvalue weighted by atomic mass is 9.99. The van der Waals surface area contributed by atoms with E-state index in [1.54, 1.807) is 19.5 Å². The highest BCUT2D eigenvalue weighted by molar-refractivity contribution is 5.81. The van der Waals surface area contributed by atoms with Crippen LogP contribution in [-0.4, -0.2) is 17.2 Å². The van der Waals surface area contributed by atoms with Gasteiger partial charge in [-0.2, -0.15) is 0 Å². The van der Waals surface area contributed by atoms with Crippen LogP contribution in [0.2, 0.25) is 0 Å². The monoisotopic (exact) mass is 251 g/mol. The Kier molecular flexibility index (Phi) is 2.00. The van der Waals surface area contributed by atoms with Gasteiger partial charge in [0.1, 0.15) is 5.75 Å². The minimum atomic E-state index is -0.274. The summed E-state index contributed by atoms with van der Waals surface area (Å²) < 4.78 is 5.26. The van der Waals surface area contributed by atoms with Crippen molar-refractivity contribution in [3.63, 3.8) is 0 Å². The number of fused-ring (bicyclic) bond motifs is 3. The molecular weight excluding hydrogens is 240 g/mol. The molecule has 19 heavy (non-hydrogen) atoms. The molecule has 4 nitrogen and oxygen atoms in total. The lowest BCUT2D eigenvalue weighted by molar-refractivity contribution is 0.413. The Morgan fingerprint density at radius 2 is 2.21 bits per heavy atom. The Morgan fingerprint density at radius 1 is 1.32 bits per heavy atom. The van der Waals surface area contributed by atoms with Gasteiger partial charge in [-0.3, -0.25) is 4.98 Å². The quantitative estimate of drug-likeness (QED) is 0.781. The number of ether oxygens (including phenoxy) is 1. The normalized spacial score (nSPS) is 18.2. The van der Waals surface area contributed by atoms with Crippen molar-refractivity contribution >= 4 is 6.08 Å². The van der Waals surface area contributed by atoms with E-state index in [-0.39, 0.29) is 6.04 Å². The number of hydroxylamine groups is 2. The summed E-state index contributed by atoms with van der Waals surface area (Å²) in [5.41, 5.74) is 4.95. The van der Waals surface area contributed by atoms with E-state index in [0.29, 0.717) is 0 Å². The lowest BCUT2D eigenvalue weighted by Crippen LogP contribution is -2.19. The van der Waals surface area contributed by atoms with Crippen LogP contribution in [0.1, 0.15) is 22.7 Å². The highest BCUT2D eigenvalue weighted by atomic mass is 16.5. The second-order valence-electron chi connectivity index (χ2n) is 4.69. The first-order chi connectivity index (χ1) is 9.29. The molecule has 0 spiro atoms. The summed E-state index contributed by atoms with van der Waals surface area (Å²) >= 11 is 0. The zero-order valence-corrected chi connectivity index (χ0v) is 10.3. The highest BCUT2D eigenvalue weighted by Gasteiger charge is 2.33. The zero-order valence-electron chi connectivity index (χ0n) is 10.3. The van der Waals surface area contributed by atoms with Crippen LogP contribution >= 0.6 is 0 Å². The summed E-state index contributed by atoms with van der Waals surface area (Å²) in [6.45, 7) is 0. The van der Waals surface area contributed by atoms with Gasteiger partial charge in [-0.15, -0.1) is 0 Å². The van der Waals surface area contributed by atoms with E-state index in [0.717, 1.165) is 38.8 Å². The summed E-state index contributed by atoms with van der Waals surface area (Å²) in [5.74, 6) is 0.780. The molecule has 1 atom stereocenters. The zero-order chi connectivity index (χ0) is 13.0.